The van der Waals surface area contributed by atoms with Crippen molar-refractivity contribution in [2.24, 2.45) is 0 Å². The molecule has 2 aromatic heterocycles. The summed E-state index contributed by atoms with van der Waals surface area (Å²) in [5.74, 6) is 0. The van der Waals surface area contributed by atoms with Crippen molar-refractivity contribution in [1.29, 1.82) is 0 Å². The van der Waals surface area contributed by atoms with E-state index >= 15 is 0 Å². The molecule has 2 rings (SSSR count). The highest BCUT2D eigenvalue weighted by Gasteiger charge is 2.08. The lowest BCUT2D eigenvalue weighted by Crippen LogP contribution is -2.38. The van der Waals surface area contributed by atoms with Crippen LogP contribution in [0.25, 0.3) is 0 Å². The first-order chi connectivity index (χ1) is 9.13. The SMILES string of the molecule is Cc1cnn(C[C@H](C)NC[C@@H](O)Cn2cccn2)c1. The molecule has 0 spiro atoms. The van der Waals surface area contributed by atoms with Crippen molar-refractivity contribution < 1.29 is 5.11 Å². The van der Waals surface area contributed by atoms with Gasteiger partial charge in [0.05, 0.1) is 25.4 Å². The zero-order valence-electron chi connectivity index (χ0n) is 11.4. The van der Waals surface area contributed by atoms with Crippen LogP contribution in [-0.4, -0.2) is 43.4 Å². The van der Waals surface area contributed by atoms with Crippen molar-refractivity contribution in [2.45, 2.75) is 39.1 Å². The first kappa shape index (κ1) is 13.8. The summed E-state index contributed by atoms with van der Waals surface area (Å²) in [5, 5.41) is 21.5. The molecule has 19 heavy (non-hydrogen) atoms. The molecule has 0 amide bonds. The number of hydrogen-bond acceptors (Lipinski definition) is 4. The molecule has 6 heteroatoms. The summed E-state index contributed by atoms with van der Waals surface area (Å²) in [7, 11) is 0. The van der Waals surface area contributed by atoms with Crippen molar-refractivity contribution in [2.75, 3.05) is 6.54 Å². The number of aliphatic hydroxyl groups excluding tert-OH is 1. The predicted octanol–water partition coefficient (Wildman–Crippen LogP) is 0.427. The number of nitrogens with one attached hydrogen (secondary N) is 1. The van der Waals surface area contributed by atoms with Crippen LogP contribution in [0, 0.1) is 6.92 Å². The van der Waals surface area contributed by atoms with Crippen LogP contribution in [0.2, 0.25) is 0 Å². The fourth-order valence-electron chi connectivity index (χ4n) is 1.94. The molecule has 0 aliphatic carbocycles. The van der Waals surface area contributed by atoms with Gasteiger partial charge in [0.15, 0.2) is 0 Å². The van der Waals surface area contributed by atoms with Gasteiger partial charge in [0.1, 0.15) is 0 Å². The third kappa shape index (κ3) is 4.50. The molecule has 2 atom stereocenters. The maximum atomic E-state index is 9.89. The second kappa shape index (κ2) is 6.49. The lowest BCUT2D eigenvalue weighted by Gasteiger charge is -2.17. The van der Waals surface area contributed by atoms with E-state index in [9.17, 15) is 5.11 Å². The number of aromatic nitrogens is 4. The summed E-state index contributed by atoms with van der Waals surface area (Å²) in [6.45, 7) is 5.95. The molecule has 0 saturated carbocycles. The first-order valence-corrected chi connectivity index (χ1v) is 6.51. The van der Waals surface area contributed by atoms with Crippen molar-refractivity contribution in [3.63, 3.8) is 0 Å². The predicted molar refractivity (Wildman–Crippen MR) is 72.7 cm³/mol. The molecule has 0 bridgehead atoms. The standard InChI is InChI=1S/C13H21N5O/c1-11-6-16-18(8-11)9-12(2)14-7-13(19)10-17-5-3-4-15-17/h3-6,8,12-14,19H,7,9-10H2,1-2H3/t12-,13+/m0/s1. The van der Waals surface area contributed by atoms with Gasteiger partial charge in [0.2, 0.25) is 0 Å². The van der Waals surface area contributed by atoms with Crippen LogP contribution in [-0.2, 0) is 13.1 Å². The summed E-state index contributed by atoms with van der Waals surface area (Å²) < 4.78 is 3.64. The monoisotopic (exact) mass is 263 g/mol. The summed E-state index contributed by atoms with van der Waals surface area (Å²) in [6, 6.07) is 2.11. The van der Waals surface area contributed by atoms with E-state index in [2.05, 4.69) is 22.4 Å². The molecule has 2 heterocycles. The van der Waals surface area contributed by atoms with E-state index < -0.39 is 6.10 Å². The molecule has 2 aromatic rings. The summed E-state index contributed by atoms with van der Waals surface area (Å²) in [6.07, 6.45) is 6.97. The molecule has 0 unspecified atom stereocenters. The minimum atomic E-state index is -0.443. The smallest absolute Gasteiger partial charge is 0.0860 e. The Morgan fingerprint density at radius 3 is 2.79 bits per heavy atom. The lowest BCUT2D eigenvalue weighted by molar-refractivity contribution is 0.142. The molecule has 0 fully saturated rings. The molecule has 0 aliphatic heterocycles. The Hall–Kier alpha value is -1.66. The van der Waals surface area contributed by atoms with Gasteiger partial charge in [-0.15, -0.1) is 0 Å². The third-order valence-corrected chi connectivity index (χ3v) is 2.88. The van der Waals surface area contributed by atoms with Crippen molar-refractivity contribution in [3.05, 3.63) is 36.4 Å². The maximum Gasteiger partial charge on any atom is 0.0860 e. The van der Waals surface area contributed by atoms with E-state index in [4.69, 9.17) is 0 Å². The molecule has 0 radical (unpaired) electrons. The fourth-order valence-corrected chi connectivity index (χ4v) is 1.94. The van der Waals surface area contributed by atoms with Crippen LogP contribution in [0.3, 0.4) is 0 Å². The Labute approximate surface area is 113 Å². The van der Waals surface area contributed by atoms with Crippen LogP contribution in [0.5, 0.6) is 0 Å². The lowest BCUT2D eigenvalue weighted by atomic mass is 10.3. The molecular weight excluding hydrogens is 242 g/mol. The minimum absolute atomic E-state index is 0.256. The van der Waals surface area contributed by atoms with Crippen LogP contribution >= 0.6 is 0 Å². The Morgan fingerprint density at radius 2 is 2.16 bits per heavy atom. The van der Waals surface area contributed by atoms with Gasteiger partial charge in [-0.1, -0.05) is 0 Å². The fraction of sp³-hybridized carbons (Fsp3) is 0.538. The third-order valence-electron chi connectivity index (χ3n) is 2.88. The van der Waals surface area contributed by atoms with Crippen molar-refractivity contribution in [3.8, 4) is 0 Å². The molecule has 0 saturated heterocycles. The molecule has 0 aliphatic rings. The van der Waals surface area contributed by atoms with E-state index in [1.54, 1.807) is 10.9 Å². The van der Waals surface area contributed by atoms with Gasteiger partial charge >= 0.3 is 0 Å². The van der Waals surface area contributed by atoms with E-state index in [0.717, 1.165) is 12.1 Å². The molecule has 104 valence electrons. The topological polar surface area (TPSA) is 67.9 Å². The van der Waals surface area contributed by atoms with Crippen LogP contribution in [0.15, 0.2) is 30.9 Å². The van der Waals surface area contributed by atoms with Gasteiger partial charge in [0, 0.05) is 31.2 Å². The number of nitrogens with zero attached hydrogens (tertiary/aromatic N) is 4. The summed E-state index contributed by atoms with van der Waals surface area (Å²) in [4.78, 5) is 0. The largest absolute Gasteiger partial charge is 0.390 e. The average molecular weight is 263 g/mol. The van der Waals surface area contributed by atoms with Gasteiger partial charge in [-0.05, 0) is 25.5 Å². The van der Waals surface area contributed by atoms with Gasteiger partial charge in [0.25, 0.3) is 0 Å². The van der Waals surface area contributed by atoms with Crippen molar-refractivity contribution >= 4 is 0 Å². The highest BCUT2D eigenvalue weighted by atomic mass is 16.3. The van der Waals surface area contributed by atoms with Crippen LogP contribution < -0.4 is 5.32 Å². The first-order valence-electron chi connectivity index (χ1n) is 6.51. The second-order valence-electron chi connectivity index (χ2n) is 4.93. The number of hydrogen-bond donors (Lipinski definition) is 2. The van der Waals surface area contributed by atoms with Crippen LogP contribution in [0.1, 0.15) is 12.5 Å². The quantitative estimate of drug-likeness (QED) is 0.760. The van der Waals surface area contributed by atoms with Gasteiger partial charge < -0.3 is 10.4 Å². The average Bonchev–Trinajstić information content (AvgIpc) is 2.99. The molecular formula is C13H21N5O. The Balaban J connectivity index is 1.69. The van der Waals surface area contributed by atoms with E-state index in [1.807, 2.05) is 36.3 Å². The number of rotatable bonds is 7. The van der Waals surface area contributed by atoms with Gasteiger partial charge in [-0.25, -0.2) is 0 Å². The normalized spacial score (nSPS) is 14.5. The van der Waals surface area contributed by atoms with Crippen LogP contribution in [0.4, 0.5) is 0 Å². The highest BCUT2D eigenvalue weighted by Crippen LogP contribution is 1.97. The van der Waals surface area contributed by atoms with E-state index in [0.29, 0.717) is 13.1 Å². The van der Waals surface area contributed by atoms with Gasteiger partial charge in [-0.2, -0.15) is 10.2 Å². The highest BCUT2D eigenvalue weighted by molar-refractivity contribution is 4.99. The summed E-state index contributed by atoms with van der Waals surface area (Å²) >= 11 is 0. The number of aryl methyl sites for hydroxylation is 1. The Bertz CT molecular complexity index is 479. The zero-order chi connectivity index (χ0) is 13.7. The van der Waals surface area contributed by atoms with Crippen molar-refractivity contribution in [1.82, 2.24) is 24.9 Å². The Kier molecular flexibility index (Phi) is 4.70. The van der Waals surface area contributed by atoms with E-state index in [-0.39, 0.29) is 6.04 Å². The maximum absolute atomic E-state index is 9.89. The number of aliphatic hydroxyl groups is 1. The Morgan fingerprint density at radius 1 is 1.32 bits per heavy atom. The summed E-state index contributed by atoms with van der Waals surface area (Å²) in [5.41, 5.74) is 1.16. The van der Waals surface area contributed by atoms with E-state index in [1.165, 1.54) is 0 Å². The molecule has 6 nitrogen and oxygen atoms in total. The second-order valence-corrected chi connectivity index (χ2v) is 4.93. The zero-order valence-corrected chi connectivity index (χ0v) is 11.4. The van der Waals surface area contributed by atoms with Gasteiger partial charge in [-0.3, -0.25) is 9.36 Å². The molecule has 0 aromatic carbocycles. The minimum Gasteiger partial charge on any atom is -0.390 e. The molecule has 2 N–H and O–H groups in total.